The maximum atomic E-state index is 5.92. The van der Waals surface area contributed by atoms with E-state index in [0.29, 0.717) is 0 Å². The molecule has 0 aliphatic carbocycles. The molecule has 0 aromatic carbocycles. The zero-order chi connectivity index (χ0) is 12.4. The molecular weight excluding hydrogens is 256 g/mol. The number of thiophene rings is 1. The lowest BCUT2D eigenvalue weighted by Crippen LogP contribution is -2.09. The average Bonchev–Trinajstić information content (AvgIpc) is 2.78. The van der Waals surface area contributed by atoms with Crippen molar-refractivity contribution in [2.75, 3.05) is 17.6 Å². The Morgan fingerprint density at radius 3 is 2.82 bits per heavy atom. The summed E-state index contributed by atoms with van der Waals surface area (Å²) in [6, 6.07) is 3.97. The van der Waals surface area contributed by atoms with Crippen LogP contribution in [0.15, 0.2) is 12.1 Å². The van der Waals surface area contributed by atoms with Gasteiger partial charge in [-0.15, -0.1) is 11.3 Å². The summed E-state index contributed by atoms with van der Waals surface area (Å²) in [7, 11) is 1.88. The van der Waals surface area contributed by atoms with Gasteiger partial charge in [0.05, 0.1) is 15.7 Å². The highest BCUT2D eigenvalue weighted by molar-refractivity contribution is 7.16. The molecule has 0 saturated carbocycles. The van der Waals surface area contributed by atoms with E-state index in [9.17, 15) is 0 Å². The summed E-state index contributed by atoms with van der Waals surface area (Å²) in [5.74, 6) is 0.880. The fraction of sp³-hybridized carbons (Fsp3) is 0.364. The van der Waals surface area contributed by atoms with Crippen LogP contribution in [0.2, 0.25) is 4.34 Å². The van der Waals surface area contributed by atoms with Crippen LogP contribution in [0.25, 0.3) is 0 Å². The monoisotopic (exact) mass is 270 g/mol. The fourth-order valence-electron chi connectivity index (χ4n) is 1.67. The van der Waals surface area contributed by atoms with Gasteiger partial charge in [-0.2, -0.15) is 5.10 Å². The second kappa shape index (κ2) is 4.98. The van der Waals surface area contributed by atoms with Gasteiger partial charge in [0.15, 0.2) is 0 Å². The van der Waals surface area contributed by atoms with Crippen molar-refractivity contribution in [2.24, 2.45) is 7.05 Å². The number of nitrogens with two attached hydrogens (primary N) is 1. The summed E-state index contributed by atoms with van der Waals surface area (Å²) in [4.78, 5) is 1.26. The van der Waals surface area contributed by atoms with Crippen LogP contribution >= 0.6 is 22.9 Å². The Balaban J connectivity index is 1.94. The Morgan fingerprint density at radius 1 is 1.53 bits per heavy atom. The number of rotatable bonds is 4. The Kier molecular flexibility index (Phi) is 3.59. The molecule has 0 amide bonds. The molecule has 0 radical (unpaired) electrons. The van der Waals surface area contributed by atoms with Crippen LogP contribution in [-0.4, -0.2) is 16.3 Å². The predicted octanol–water partition coefficient (Wildman–Crippen LogP) is 2.68. The second-order valence-electron chi connectivity index (χ2n) is 3.85. The zero-order valence-corrected chi connectivity index (χ0v) is 11.4. The van der Waals surface area contributed by atoms with Gasteiger partial charge in [-0.05, 0) is 25.5 Å². The number of aryl methyl sites for hydroxylation is 2. The van der Waals surface area contributed by atoms with Gasteiger partial charge in [-0.25, -0.2) is 0 Å². The van der Waals surface area contributed by atoms with E-state index < -0.39 is 0 Å². The van der Waals surface area contributed by atoms with Crippen LogP contribution in [0.3, 0.4) is 0 Å². The van der Waals surface area contributed by atoms with E-state index in [-0.39, 0.29) is 0 Å². The molecule has 2 rings (SSSR count). The van der Waals surface area contributed by atoms with Crippen LogP contribution in [0.4, 0.5) is 11.5 Å². The van der Waals surface area contributed by atoms with Crippen molar-refractivity contribution in [1.29, 1.82) is 0 Å². The highest BCUT2D eigenvalue weighted by Gasteiger charge is 2.08. The normalized spacial score (nSPS) is 10.8. The number of nitrogens with zero attached hydrogens (tertiary/aromatic N) is 2. The van der Waals surface area contributed by atoms with Crippen molar-refractivity contribution < 1.29 is 0 Å². The average molecular weight is 271 g/mol. The van der Waals surface area contributed by atoms with Gasteiger partial charge in [0, 0.05) is 18.5 Å². The minimum Gasteiger partial charge on any atom is -0.394 e. The molecule has 2 aromatic heterocycles. The highest BCUT2D eigenvalue weighted by atomic mass is 35.5. The maximum Gasteiger partial charge on any atom is 0.147 e. The summed E-state index contributed by atoms with van der Waals surface area (Å²) >= 11 is 7.48. The molecule has 0 atom stereocenters. The molecule has 0 spiro atoms. The third-order valence-electron chi connectivity index (χ3n) is 2.56. The molecule has 0 saturated heterocycles. The van der Waals surface area contributed by atoms with E-state index in [1.54, 1.807) is 16.0 Å². The summed E-state index contributed by atoms with van der Waals surface area (Å²) < 4.78 is 2.60. The Bertz CT molecular complexity index is 518. The molecule has 6 heteroatoms. The topological polar surface area (TPSA) is 55.9 Å². The molecule has 0 aliphatic heterocycles. The van der Waals surface area contributed by atoms with Crippen LogP contribution in [-0.2, 0) is 13.5 Å². The van der Waals surface area contributed by atoms with Crippen molar-refractivity contribution in [3.8, 4) is 0 Å². The van der Waals surface area contributed by atoms with E-state index in [1.165, 1.54) is 4.88 Å². The predicted molar refractivity (Wildman–Crippen MR) is 73.9 cm³/mol. The van der Waals surface area contributed by atoms with Crippen molar-refractivity contribution >= 4 is 34.4 Å². The number of nitrogen functional groups attached to an aromatic ring is 1. The molecule has 92 valence electrons. The number of hydrogen-bond donors (Lipinski definition) is 2. The Hall–Kier alpha value is -1.20. The number of hydrogen-bond acceptors (Lipinski definition) is 4. The Labute approximate surface area is 109 Å². The standard InChI is InChI=1S/C11H15ClN4S/c1-7-10(13)11(16(2)15-7)14-6-5-8-3-4-9(12)17-8/h3-4,14H,5-6,13H2,1-2H3. The van der Waals surface area contributed by atoms with Crippen molar-refractivity contribution in [3.63, 3.8) is 0 Å². The first-order valence-corrected chi connectivity index (χ1v) is 6.54. The smallest absolute Gasteiger partial charge is 0.147 e. The molecule has 3 N–H and O–H groups in total. The summed E-state index contributed by atoms with van der Waals surface area (Å²) in [6.07, 6.45) is 0.932. The van der Waals surface area contributed by atoms with Gasteiger partial charge in [-0.3, -0.25) is 4.68 Å². The van der Waals surface area contributed by atoms with E-state index in [4.69, 9.17) is 17.3 Å². The van der Waals surface area contributed by atoms with Crippen molar-refractivity contribution in [3.05, 3.63) is 27.0 Å². The third kappa shape index (κ3) is 2.73. The SMILES string of the molecule is Cc1nn(C)c(NCCc2ccc(Cl)s2)c1N. The highest BCUT2D eigenvalue weighted by Crippen LogP contribution is 2.23. The quantitative estimate of drug-likeness (QED) is 0.898. The largest absolute Gasteiger partial charge is 0.394 e. The molecule has 17 heavy (non-hydrogen) atoms. The van der Waals surface area contributed by atoms with Gasteiger partial charge in [0.1, 0.15) is 5.82 Å². The Morgan fingerprint density at radius 2 is 2.29 bits per heavy atom. The molecule has 0 unspecified atom stereocenters. The third-order valence-corrected chi connectivity index (χ3v) is 3.85. The maximum absolute atomic E-state index is 5.92. The molecule has 2 heterocycles. The van der Waals surface area contributed by atoms with Crippen LogP contribution < -0.4 is 11.1 Å². The van der Waals surface area contributed by atoms with Crippen LogP contribution in [0.5, 0.6) is 0 Å². The lowest BCUT2D eigenvalue weighted by molar-refractivity contribution is 0.757. The molecule has 0 bridgehead atoms. The minimum atomic E-state index is 0.719. The van der Waals surface area contributed by atoms with E-state index >= 15 is 0 Å². The van der Waals surface area contributed by atoms with Crippen LogP contribution in [0.1, 0.15) is 10.6 Å². The molecule has 2 aromatic rings. The van der Waals surface area contributed by atoms with Gasteiger partial charge < -0.3 is 11.1 Å². The lowest BCUT2D eigenvalue weighted by atomic mass is 10.3. The minimum absolute atomic E-state index is 0.719. The number of nitrogens with one attached hydrogen (secondary N) is 1. The molecular formula is C11H15ClN4S. The number of aromatic nitrogens is 2. The summed E-state index contributed by atoms with van der Waals surface area (Å²) in [5, 5.41) is 7.55. The van der Waals surface area contributed by atoms with E-state index in [2.05, 4.69) is 10.4 Å². The first-order valence-electron chi connectivity index (χ1n) is 5.35. The molecule has 0 aliphatic rings. The van der Waals surface area contributed by atoms with Crippen molar-refractivity contribution in [2.45, 2.75) is 13.3 Å². The first-order chi connectivity index (χ1) is 8.08. The molecule has 0 fully saturated rings. The second-order valence-corrected chi connectivity index (χ2v) is 5.65. The van der Waals surface area contributed by atoms with E-state index in [1.807, 2.05) is 26.1 Å². The van der Waals surface area contributed by atoms with Gasteiger partial charge in [0.2, 0.25) is 0 Å². The lowest BCUT2D eigenvalue weighted by Gasteiger charge is -2.06. The van der Waals surface area contributed by atoms with Gasteiger partial charge in [-0.1, -0.05) is 11.6 Å². The van der Waals surface area contributed by atoms with Gasteiger partial charge in [0.25, 0.3) is 0 Å². The zero-order valence-electron chi connectivity index (χ0n) is 9.83. The number of halogens is 1. The molecule has 4 nitrogen and oxygen atoms in total. The van der Waals surface area contributed by atoms with Crippen molar-refractivity contribution in [1.82, 2.24) is 9.78 Å². The summed E-state index contributed by atoms with van der Waals surface area (Å²) in [6.45, 7) is 2.72. The van der Waals surface area contributed by atoms with Crippen LogP contribution in [0, 0.1) is 6.92 Å². The summed E-state index contributed by atoms with van der Waals surface area (Å²) in [5.41, 5.74) is 7.50. The number of anilines is 2. The fourth-order valence-corrected chi connectivity index (χ4v) is 2.76. The van der Waals surface area contributed by atoms with Gasteiger partial charge >= 0.3 is 0 Å². The van der Waals surface area contributed by atoms with E-state index in [0.717, 1.165) is 34.5 Å². The first kappa shape index (κ1) is 12.3.